The monoisotopic (exact) mass is 204 g/mol. The van der Waals surface area contributed by atoms with Crippen molar-refractivity contribution in [2.24, 2.45) is 0 Å². The number of hydrogen-bond acceptors (Lipinski definition) is 2. The zero-order chi connectivity index (χ0) is 11.3. The maximum Gasteiger partial charge on any atom is 0.165 e. The first-order valence-corrected chi connectivity index (χ1v) is 4.86. The van der Waals surface area contributed by atoms with Gasteiger partial charge in [-0.15, -0.1) is 6.58 Å². The number of benzene rings is 1. The van der Waals surface area contributed by atoms with Crippen LogP contribution >= 0.6 is 0 Å². The van der Waals surface area contributed by atoms with E-state index in [0.29, 0.717) is 5.75 Å². The average Bonchev–Trinajstić information content (AvgIpc) is 2.23. The molecule has 0 amide bonds. The quantitative estimate of drug-likeness (QED) is 0.763. The minimum atomic E-state index is 0.184. The van der Waals surface area contributed by atoms with Crippen LogP contribution in [-0.2, 0) is 6.42 Å². The molecule has 15 heavy (non-hydrogen) atoms. The normalized spacial score (nSPS) is 10.5. The second-order valence-electron chi connectivity index (χ2n) is 3.23. The fourth-order valence-corrected chi connectivity index (χ4v) is 1.44. The van der Waals surface area contributed by atoms with Gasteiger partial charge in [-0.2, -0.15) is 0 Å². The molecule has 0 unspecified atom stereocenters. The van der Waals surface area contributed by atoms with Gasteiger partial charge in [0.15, 0.2) is 11.5 Å². The Bertz CT molecular complexity index is 378. The van der Waals surface area contributed by atoms with E-state index in [-0.39, 0.29) is 5.75 Å². The number of hydrogen-bond donors (Lipinski definition) is 1. The number of ether oxygens (including phenoxy) is 1. The van der Waals surface area contributed by atoms with Crippen LogP contribution in [0.2, 0.25) is 0 Å². The zero-order valence-electron chi connectivity index (χ0n) is 9.16. The molecule has 1 aromatic rings. The molecule has 0 aliphatic carbocycles. The largest absolute Gasteiger partial charge is 0.504 e. The van der Waals surface area contributed by atoms with Crippen LogP contribution in [0.3, 0.4) is 0 Å². The number of methoxy groups -OCH3 is 1. The van der Waals surface area contributed by atoms with Crippen molar-refractivity contribution in [2.45, 2.75) is 13.3 Å². The van der Waals surface area contributed by atoms with Crippen molar-refractivity contribution >= 4 is 6.08 Å². The molecule has 2 nitrogen and oxygen atoms in total. The van der Waals surface area contributed by atoms with Gasteiger partial charge in [0, 0.05) is 5.56 Å². The van der Waals surface area contributed by atoms with Crippen LogP contribution in [0.25, 0.3) is 6.08 Å². The Morgan fingerprint density at radius 3 is 2.73 bits per heavy atom. The van der Waals surface area contributed by atoms with E-state index in [4.69, 9.17) is 4.74 Å². The van der Waals surface area contributed by atoms with Gasteiger partial charge in [-0.05, 0) is 31.0 Å². The molecule has 0 aliphatic rings. The predicted molar refractivity (Wildman–Crippen MR) is 63.3 cm³/mol. The van der Waals surface area contributed by atoms with Crippen LogP contribution in [0.15, 0.2) is 30.9 Å². The summed E-state index contributed by atoms with van der Waals surface area (Å²) in [5.41, 5.74) is 1.85. The molecule has 0 atom stereocenters. The summed E-state index contributed by atoms with van der Waals surface area (Å²) in [6.45, 7) is 5.60. The lowest BCUT2D eigenvalue weighted by molar-refractivity contribution is 0.372. The van der Waals surface area contributed by atoms with Crippen molar-refractivity contribution < 1.29 is 9.84 Å². The minimum absolute atomic E-state index is 0.184. The lowest BCUT2D eigenvalue weighted by atomic mass is 10.1. The Kier molecular flexibility index (Phi) is 3.98. The molecule has 1 N–H and O–H groups in total. The van der Waals surface area contributed by atoms with Crippen molar-refractivity contribution in [3.63, 3.8) is 0 Å². The van der Waals surface area contributed by atoms with Gasteiger partial charge in [-0.1, -0.05) is 18.2 Å². The van der Waals surface area contributed by atoms with E-state index in [1.807, 2.05) is 37.3 Å². The lowest BCUT2D eigenvalue weighted by Gasteiger charge is -2.08. The highest BCUT2D eigenvalue weighted by molar-refractivity contribution is 5.63. The molecule has 2 heteroatoms. The van der Waals surface area contributed by atoms with Gasteiger partial charge in [-0.25, -0.2) is 0 Å². The van der Waals surface area contributed by atoms with Crippen molar-refractivity contribution in [1.82, 2.24) is 0 Å². The molecule has 0 bridgehead atoms. The Morgan fingerprint density at radius 1 is 1.47 bits per heavy atom. The summed E-state index contributed by atoms with van der Waals surface area (Å²) < 4.78 is 5.10. The second kappa shape index (κ2) is 5.25. The van der Waals surface area contributed by atoms with E-state index in [9.17, 15) is 5.11 Å². The molecule has 80 valence electrons. The van der Waals surface area contributed by atoms with E-state index in [0.717, 1.165) is 17.5 Å². The topological polar surface area (TPSA) is 29.5 Å². The van der Waals surface area contributed by atoms with Crippen molar-refractivity contribution in [3.8, 4) is 11.5 Å². The number of aromatic hydroxyl groups is 1. The maximum absolute atomic E-state index is 9.81. The fourth-order valence-electron chi connectivity index (χ4n) is 1.44. The van der Waals surface area contributed by atoms with Crippen LogP contribution in [-0.4, -0.2) is 12.2 Å². The highest BCUT2D eigenvalue weighted by Gasteiger charge is 2.07. The van der Waals surface area contributed by atoms with E-state index < -0.39 is 0 Å². The van der Waals surface area contributed by atoms with Gasteiger partial charge >= 0.3 is 0 Å². The lowest BCUT2D eigenvalue weighted by Crippen LogP contribution is -1.90. The molecular formula is C13H16O2. The van der Waals surface area contributed by atoms with Crippen LogP contribution in [0.4, 0.5) is 0 Å². The van der Waals surface area contributed by atoms with Crippen molar-refractivity contribution in [2.75, 3.05) is 7.11 Å². The molecule has 0 spiro atoms. The first-order chi connectivity index (χ1) is 7.22. The number of rotatable bonds is 4. The summed E-state index contributed by atoms with van der Waals surface area (Å²) in [6, 6.07) is 3.75. The molecule has 0 saturated carbocycles. The van der Waals surface area contributed by atoms with Gasteiger partial charge in [0.2, 0.25) is 0 Å². The summed E-state index contributed by atoms with van der Waals surface area (Å²) in [4.78, 5) is 0. The Labute approximate surface area is 90.5 Å². The van der Waals surface area contributed by atoms with Gasteiger partial charge in [0.25, 0.3) is 0 Å². The van der Waals surface area contributed by atoms with Gasteiger partial charge in [0.05, 0.1) is 7.11 Å². The molecule has 0 aliphatic heterocycles. The molecular weight excluding hydrogens is 188 g/mol. The van der Waals surface area contributed by atoms with E-state index in [1.54, 1.807) is 7.11 Å². The standard InChI is InChI=1S/C13H16O2/c1-4-6-10-8-11(7-5-2)13(14)12(9-10)15-3/h4-5,7-9,14H,1,6H2,2-3H3/b7-5-. The smallest absolute Gasteiger partial charge is 0.165 e. The highest BCUT2D eigenvalue weighted by atomic mass is 16.5. The molecule has 0 radical (unpaired) electrons. The third-order valence-electron chi connectivity index (χ3n) is 2.11. The number of phenols is 1. The summed E-state index contributed by atoms with van der Waals surface area (Å²) in [5, 5.41) is 9.81. The highest BCUT2D eigenvalue weighted by Crippen LogP contribution is 2.32. The van der Waals surface area contributed by atoms with Gasteiger partial charge in [-0.3, -0.25) is 0 Å². The first-order valence-electron chi connectivity index (χ1n) is 4.86. The van der Waals surface area contributed by atoms with E-state index in [2.05, 4.69) is 6.58 Å². The zero-order valence-corrected chi connectivity index (χ0v) is 9.16. The van der Waals surface area contributed by atoms with Gasteiger partial charge in [0.1, 0.15) is 0 Å². The molecule has 0 aromatic heterocycles. The SMILES string of the molecule is C=CCc1cc(/C=C\C)c(O)c(OC)c1. The summed E-state index contributed by atoms with van der Waals surface area (Å²) >= 11 is 0. The second-order valence-corrected chi connectivity index (χ2v) is 3.23. The molecule has 0 fully saturated rings. The summed E-state index contributed by atoms with van der Waals surface area (Å²) in [6.07, 6.45) is 6.32. The summed E-state index contributed by atoms with van der Waals surface area (Å²) in [7, 11) is 1.55. The Morgan fingerprint density at radius 2 is 2.20 bits per heavy atom. The van der Waals surface area contributed by atoms with E-state index in [1.165, 1.54) is 0 Å². The first kappa shape index (κ1) is 11.4. The van der Waals surface area contributed by atoms with Crippen LogP contribution in [0, 0.1) is 0 Å². The number of phenolic OH excluding ortho intramolecular Hbond substituents is 1. The average molecular weight is 204 g/mol. The molecule has 0 saturated heterocycles. The molecule has 1 aromatic carbocycles. The van der Waals surface area contributed by atoms with Gasteiger partial charge < -0.3 is 9.84 Å². The van der Waals surface area contributed by atoms with Crippen LogP contribution < -0.4 is 4.74 Å². The van der Waals surface area contributed by atoms with Crippen molar-refractivity contribution in [3.05, 3.63) is 42.0 Å². The third kappa shape index (κ3) is 2.62. The Balaban J connectivity index is 3.24. The molecule has 0 heterocycles. The van der Waals surface area contributed by atoms with Crippen molar-refractivity contribution in [1.29, 1.82) is 0 Å². The van der Waals surface area contributed by atoms with Crippen LogP contribution in [0.5, 0.6) is 11.5 Å². The maximum atomic E-state index is 9.81. The predicted octanol–water partition coefficient (Wildman–Crippen LogP) is 3.16. The fraction of sp³-hybridized carbons (Fsp3) is 0.231. The van der Waals surface area contributed by atoms with Crippen LogP contribution in [0.1, 0.15) is 18.1 Å². The van der Waals surface area contributed by atoms with E-state index >= 15 is 0 Å². The Hall–Kier alpha value is -1.70. The third-order valence-corrected chi connectivity index (χ3v) is 2.11. The minimum Gasteiger partial charge on any atom is -0.504 e. The number of allylic oxidation sites excluding steroid dienone is 2. The molecule has 1 rings (SSSR count). The summed E-state index contributed by atoms with van der Waals surface area (Å²) in [5.74, 6) is 0.686.